The van der Waals surface area contributed by atoms with Gasteiger partial charge in [0.25, 0.3) is 5.91 Å². The Morgan fingerprint density at radius 3 is 2.39 bits per heavy atom. The fourth-order valence-electron chi connectivity index (χ4n) is 1.68. The molecule has 0 aliphatic heterocycles. The van der Waals surface area contributed by atoms with Crippen LogP contribution in [0.3, 0.4) is 0 Å². The van der Waals surface area contributed by atoms with Crippen LogP contribution in [0.1, 0.15) is 5.56 Å². The van der Waals surface area contributed by atoms with E-state index in [9.17, 15) is 4.79 Å². The van der Waals surface area contributed by atoms with Crippen LogP contribution in [0.4, 0.5) is 5.69 Å². The lowest BCUT2D eigenvalue weighted by molar-refractivity contribution is -0.119. The molecule has 0 fully saturated rings. The number of nitrogens with one attached hydrogen (secondary N) is 2. The summed E-state index contributed by atoms with van der Waals surface area (Å²) in [5.41, 5.74) is 4.18. The molecule has 2 aromatic carbocycles. The maximum absolute atomic E-state index is 11.8. The summed E-state index contributed by atoms with van der Waals surface area (Å²) in [5, 5.41) is 7.00. The van der Waals surface area contributed by atoms with Crippen LogP contribution < -0.4 is 10.7 Å². The first-order chi connectivity index (χ1) is 11.0. The molecule has 2 rings (SSSR count). The first kappa shape index (κ1) is 18.6. The number of halogens is 4. The summed E-state index contributed by atoms with van der Waals surface area (Å²) in [5.74, 6) is -0.238. The zero-order chi connectivity index (χ0) is 16.8. The molecule has 0 aliphatic carbocycles. The van der Waals surface area contributed by atoms with E-state index in [0.29, 0.717) is 0 Å². The third-order valence-electron chi connectivity index (χ3n) is 2.68. The van der Waals surface area contributed by atoms with Crippen LogP contribution in [0.25, 0.3) is 0 Å². The lowest BCUT2D eigenvalue weighted by atomic mass is 10.2. The number of carbonyl (C=O) groups is 1. The van der Waals surface area contributed by atoms with Crippen molar-refractivity contribution in [2.75, 3.05) is 11.9 Å². The van der Waals surface area contributed by atoms with Gasteiger partial charge in [0.1, 0.15) is 0 Å². The van der Waals surface area contributed by atoms with Crippen LogP contribution in [0.2, 0.25) is 0 Å². The molecule has 0 saturated heterocycles. The Bertz CT molecular complexity index is 726. The summed E-state index contributed by atoms with van der Waals surface area (Å²) >= 11 is 13.7. The molecular weight excluding hydrogens is 558 g/mol. The number of hydrazone groups is 1. The van der Waals surface area contributed by atoms with E-state index in [-0.39, 0.29) is 12.5 Å². The highest BCUT2D eigenvalue weighted by Gasteiger charge is 2.08. The van der Waals surface area contributed by atoms with E-state index in [0.717, 1.165) is 29.1 Å². The van der Waals surface area contributed by atoms with Crippen molar-refractivity contribution < 1.29 is 4.79 Å². The van der Waals surface area contributed by atoms with E-state index >= 15 is 0 Å². The van der Waals surface area contributed by atoms with Crippen molar-refractivity contribution in [2.24, 2.45) is 5.10 Å². The van der Waals surface area contributed by atoms with Crippen LogP contribution in [0, 0.1) is 0 Å². The minimum absolute atomic E-state index is 0.106. The monoisotopic (exact) mass is 565 g/mol. The lowest BCUT2D eigenvalue weighted by Gasteiger charge is -2.10. The molecular formula is C15H11Br4N3O. The molecule has 1 amide bonds. The van der Waals surface area contributed by atoms with Gasteiger partial charge in [-0.15, -0.1) is 0 Å². The average molecular weight is 569 g/mol. The Kier molecular flexibility index (Phi) is 7.26. The Balaban J connectivity index is 1.88. The molecule has 0 radical (unpaired) electrons. The summed E-state index contributed by atoms with van der Waals surface area (Å²) in [6.07, 6.45) is 1.59. The quantitative estimate of drug-likeness (QED) is 0.380. The molecule has 0 saturated carbocycles. The van der Waals surface area contributed by atoms with Crippen molar-refractivity contribution in [2.45, 2.75) is 0 Å². The summed E-state index contributed by atoms with van der Waals surface area (Å²) in [6.45, 7) is 0.106. The summed E-state index contributed by atoms with van der Waals surface area (Å²) in [7, 11) is 0. The van der Waals surface area contributed by atoms with Crippen molar-refractivity contribution in [1.29, 1.82) is 0 Å². The standard InChI is InChI=1S/C15H11Br4N3O/c16-10-3-1-2-9(4-10)7-21-22-14(23)8-20-15-12(18)5-11(17)6-13(15)19/h1-7,20H,8H2,(H,22,23)/b21-7+. The Morgan fingerprint density at radius 1 is 1.04 bits per heavy atom. The third kappa shape index (κ3) is 6.02. The number of amides is 1. The van der Waals surface area contributed by atoms with Gasteiger partial charge in [0.2, 0.25) is 0 Å². The summed E-state index contributed by atoms with van der Waals surface area (Å²) in [4.78, 5) is 11.8. The number of nitrogens with zero attached hydrogens (tertiary/aromatic N) is 1. The second-order valence-corrected chi connectivity index (χ2v) is 7.99. The van der Waals surface area contributed by atoms with E-state index in [1.807, 2.05) is 36.4 Å². The topological polar surface area (TPSA) is 53.5 Å². The van der Waals surface area contributed by atoms with E-state index in [2.05, 4.69) is 79.6 Å². The minimum atomic E-state index is -0.238. The zero-order valence-corrected chi connectivity index (χ0v) is 18.0. The van der Waals surface area contributed by atoms with Gasteiger partial charge in [0.05, 0.1) is 18.4 Å². The first-order valence-corrected chi connectivity index (χ1v) is 9.59. The number of hydrogen-bond donors (Lipinski definition) is 2. The Morgan fingerprint density at radius 2 is 1.74 bits per heavy atom. The molecule has 120 valence electrons. The van der Waals surface area contributed by atoms with E-state index < -0.39 is 0 Å². The molecule has 23 heavy (non-hydrogen) atoms. The lowest BCUT2D eigenvalue weighted by Crippen LogP contribution is -2.26. The predicted molar refractivity (Wildman–Crippen MR) is 108 cm³/mol. The number of anilines is 1. The first-order valence-electron chi connectivity index (χ1n) is 6.41. The molecule has 4 nitrogen and oxygen atoms in total. The highest BCUT2D eigenvalue weighted by Crippen LogP contribution is 2.34. The second-order valence-electron chi connectivity index (χ2n) is 4.45. The van der Waals surface area contributed by atoms with Crippen LogP contribution in [0.15, 0.2) is 59.4 Å². The van der Waals surface area contributed by atoms with Crippen LogP contribution in [0.5, 0.6) is 0 Å². The van der Waals surface area contributed by atoms with Gasteiger partial charge in [0.15, 0.2) is 0 Å². The van der Waals surface area contributed by atoms with Crippen LogP contribution in [-0.4, -0.2) is 18.7 Å². The largest absolute Gasteiger partial charge is 0.374 e. The summed E-state index contributed by atoms with van der Waals surface area (Å²) < 4.78 is 3.60. The van der Waals surface area contributed by atoms with Crippen molar-refractivity contribution >= 4 is 81.5 Å². The maximum atomic E-state index is 11.8. The van der Waals surface area contributed by atoms with E-state index in [1.165, 1.54) is 0 Å². The molecule has 2 N–H and O–H groups in total. The fraction of sp³-hybridized carbons (Fsp3) is 0.0667. The van der Waals surface area contributed by atoms with Crippen molar-refractivity contribution in [3.05, 3.63) is 59.9 Å². The predicted octanol–water partition coefficient (Wildman–Crippen LogP) is 5.30. The van der Waals surface area contributed by atoms with Crippen LogP contribution in [-0.2, 0) is 4.79 Å². The van der Waals surface area contributed by atoms with E-state index in [4.69, 9.17) is 0 Å². The van der Waals surface area contributed by atoms with Crippen molar-refractivity contribution in [1.82, 2.24) is 5.43 Å². The van der Waals surface area contributed by atoms with Crippen molar-refractivity contribution in [3.8, 4) is 0 Å². The Labute approximate surface area is 167 Å². The van der Waals surface area contributed by atoms with Gasteiger partial charge < -0.3 is 5.32 Å². The van der Waals surface area contributed by atoms with Crippen LogP contribution >= 0.6 is 63.7 Å². The zero-order valence-electron chi connectivity index (χ0n) is 11.6. The molecule has 0 spiro atoms. The number of benzene rings is 2. The van der Waals surface area contributed by atoms with Crippen molar-refractivity contribution in [3.63, 3.8) is 0 Å². The molecule has 0 bridgehead atoms. The van der Waals surface area contributed by atoms with Gasteiger partial charge in [-0.3, -0.25) is 4.79 Å². The van der Waals surface area contributed by atoms with Gasteiger partial charge >= 0.3 is 0 Å². The summed E-state index contributed by atoms with van der Waals surface area (Å²) in [6, 6.07) is 11.4. The Hall–Kier alpha value is -0.700. The highest BCUT2D eigenvalue weighted by molar-refractivity contribution is 9.11. The highest BCUT2D eigenvalue weighted by atomic mass is 79.9. The molecule has 2 aromatic rings. The number of rotatable bonds is 5. The molecule has 0 aliphatic rings. The maximum Gasteiger partial charge on any atom is 0.259 e. The molecule has 0 aromatic heterocycles. The van der Waals surface area contributed by atoms with E-state index in [1.54, 1.807) is 6.21 Å². The number of carbonyl (C=O) groups excluding carboxylic acids is 1. The SMILES string of the molecule is O=C(CNc1c(Br)cc(Br)cc1Br)N/N=C/c1cccc(Br)c1. The van der Waals surface area contributed by atoms with Gasteiger partial charge in [-0.05, 0) is 61.7 Å². The fourth-order valence-corrected chi connectivity index (χ4v) is 4.64. The molecule has 0 atom stereocenters. The van der Waals surface area contributed by atoms with Gasteiger partial charge in [-0.25, -0.2) is 5.43 Å². The van der Waals surface area contributed by atoms with Gasteiger partial charge in [-0.2, -0.15) is 5.10 Å². The molecule has 0 unspecified atom stereocenters. The normalized spacial score (nSPS) is 10.8. The average Bonchev–Trinajstić information content (AvgIpc) is 2.46. The molecule has 8 heteroatoms. The number of hydrogen-bond acceptors (Lipinski definition) is 3. The second kappa shape index (κ2) is 8.96. The van der Waals surface area contributed by atoms with Gasteiger partial charge in [0, 0.05) is 17.9 Å². The molecule has 0 heterocycles. The minimum Gasteiger partial charge on any atom is -0.374 e. The third-order valence-corrected chi connectivity index (χ3v) is 4.89. The van der Waals surface area contributed by atoms with Gasteiger partial charge in [-0.1, -0.05) is 44.0 Å². The smallest absolute Gasteiger partial charge is 0.259 e.